The van der Waals surface area contributed by atoms with E-state index in [0.29, 0.717) is 39.8 Å². The third-order valence-corrected chi connectivity index (χ3v) is 9.93. The number of likely N-dealkylation sites (tertiary alicyclic amines) is 2. The van der Waals surface area contributed by atoms with Gasteiger partial charge in [0.25, 0.3) is 11.8 Å². The Labute approximate surface area is 247 Å². The van der Waals surface area contributed by atoms with Crippen LogP contribution < -0.4 is 10.6 Å². The lowest BCUT2D eigenvalue weighted by atomic mass is 9.77. The predicted molar refractivity (Wildman–Crippen MR) is 158 cm³/mol. The molecule has 2 fully saturated rings. The summed E-state index contributed by atoms with van der Waals surface area (Å²) in [4.78, 5) is 48.8. The highest BCUT2D eigenvalue weighted by Gasteiger charge is 2.42. The lowest BCUT2D eigenvalue weighted by molar-refractivity contribution is -0.136. The smallest absolute Gasteiger partial charge is 0.261 e. The number of carbonyl (C=O) groups is 3. The highest BCUT2D eigenvalue weighted by Crippen LogP contribution is 2.41. The van der Waals surface area contributed by atoms with Gasteiger partial charge in [-0.2, -0.15) is 4.39 Å². The van der Waals surface area contributed by atoms with Gasteiger partial charge in [0.05, 0.1) is 28.6 Å². The second-order valence-electron chi connectivity index (χ2n) is 12.5. The van der Waals surface area contributed by atoms with E-state index in [1.165, 1.54) is 17.1 Å². The maximum absolute atomic E-state index is 15.7. The van der Waals surface area contributed by atoms with Crippen molar-refractivity contribution in [1.29, 1.82) is 0 Å². The molecular weight excluding hydrogens is 549 g/mol. The summed E-state index contributed by atoms with van der Waals surface area (Å²) in [6.45, 7) is 4.14. The number of rotatable bonds is 3. The molecule has 11 heteroatoms. The number of carbonyl (C=O) groups excluding carboxylic acids is 3. The number of pyridine rings is 1. The number of nitrogens with zero attached hydrogens (tertiary/aromatic N) is 5. The van der Waals surface area contributed by atoms with Crippen molar-refractivity contribution >= 4 is 45.4 Å². The molecule has 0 saturated carbocycles. The van der Waals surface area contributed by atoms with Crippen LogP contribution in [0.3, 0.4) is 0 Å². The number of fused-ring (bicyclic) bond motifs is 1. The lowest BCUT2D eigenvalue weighted by Gasteiger charge is -2.40. The van der Waals surface area contributed by atoms with Gasteiger partial charge in [-0.05, 0) is 61.5 Å². The van der Waals surface area contributed by atoms with Crippen molar-refractivity contribution in [3.63, 3.8) is 0 Å². The second-order valence-corrected chi connectivity index (χ2v) is 12.5. The third kappa shape index (κ3) is 4.05. The van der Waals surface area contributed by atoms with Crippen LogP contribution in [-0.2, 0) is 27.5 Å². The Kier molecular flexibility index (Phi) is 5.86. The zero-order chi connectivity index (χ0) is 29.5. The molecule has 4 aromatic rings. The van der Waals surface area contributed by atoms with Crippen LogP contribution in [0.15, 0.2) is 48.8 Å². The number of hydrogen-bond donors (Lipinski definition) is 2. The molecule has 4 aliphatic heterocycles. The maximum Gasteiger partial charge on any atom is 0.261 e. The summed E-state index contributed by atoms with van der Waals surface area (Å²) in [5.41, 5.74) is 3.73. The summed E-state index contributed by atoms with van der Waals surface area (Å²) in [5.74, 6) is -1.55. The van der Waals surface area contributed by atoms with Crippen molar-refractivity contribution in [3.8, 4) is 0 Å². The van der Waals surface area contributed by atoms with Crippen LogP contribution in [0.1, 0.15) is 36.1 Å². The minimum Gasteiger partial charge on any atom is -0.341 e. The number of piperidine rings is 1. The van der Waals surface area contributed by atoms with Crippen LogP contribution >= 0.6 is 0 Å². The van der Waals surface area contributed by atoms with Gasteiger partial charge in [-0.1, -0.05) is 18.2 Å². The number of amides is 3. The molecule has 3 aromatic heterocycles. The fourth-order valence-electron chi connectivity index (χ4n) is 7.67. The number of imide groups is 1. The summed E-state index contributed by atoms with van der Waals surface area (Å²) in [6, 6.07) is 9.94. The highest BCUT2D eigenvalue weighted by molar-refractivity contribution is 6.49. The quantitative estimate of drug-likeness (QED) is 0.361. The number of aromatic nitrogens is 3. The minimum absolute atomic E-state index is 0.00569. The molecule has 0 aliphatic carbocycles. The molecule has 0 radical (unpaired) electrons. The van der Waals surface area contributed by atoms with E-state index in [2.05, 4.69) is 27.6 Å². The summed E-state index contributed by atoms with van der Waals surface area (Å²) < 4.78 is 19.0. The zero-order valence-electron chi connectivity index (χ0n) is 23.9. The van der Waals surface area contributed by atoms with Gasteiger partial charge < -0.3 is 19.7 Å². The van der Waals surface area contributed by atoms with Crippen molar-refractivity contribution in [2.75, 3.05) is 33.2 Å². The first-order valence-corrected chi connectivity index (χ1v) is 14.9. The fraction of sp³-hybridized carbons (Fsp3) is 0.375. The number of hydrogen-bond acceptors (Lipinski definition) is 6. The molecule has 1 spiro atoms. The van der Waals surface area contributed by atoms with Gasteiger partial charge >= 0.3 is 0 Å². The predicted octanol–water partition coefficient (Wildman–Crippen LogP) is 2.41. The van der Waals surface area contributed by atoms with Crippen LogP contribution in [0, 0.1) is 11.4 Å². The number of halogens is 1. The van der Waals surface area contributed by atoms with Crippen molar-refractivity contribution in [3.05, 3.63) is 71.6 Å². The molecule has 4 aliphatic rings. The van der Waals surface area contributed by atoms with E-state index in [4.69, 9.17) is 0 Å². The van der Waals surface area contributed by atoms with Crippen LogP contribution in [0.2, 0.25) is 0 Å². The van der Waals surface area contributed by atoms with Crippen LogP contribution in [-0.4, -0.2) is 80.7 Å². The molecule has 7 heterocycles. The van der Waals surface area contributed by atoms with Crippen LogP contribution in [0.4, 0.5) is 4.39 Å². The molecule has 3 amide bonds. The molecule has 2 N–H and O–H groups in total. The first kappa shape index (κ1) is 26.3. The molecule has 0 bridgehead atoms. The van der Waals surface area contributed by atoms with Gasteiger partial charge in [0.1, 0.15) is 11.7 Å². The van der Waals surface area contributed by atoms with Gasteiger partial charge in [0.2, 0.25) is 5.91 Å². The van der Waals surface area contributed by atoms with Crippen molar-refractivity contribution in [2.45, 2.75) is 38.4 Å². The average molecular weight is 582 g/mol. The molecule has 1 atom stereocenters. The fourth-order valence-corrected chi connectivity index (χ4v) is 7.67. The Bertz CT molecular complexity index is 1880. The van der Waals surface area contributed by atoms with E-state index in [1.807, 2.05) is 29.2 Å². The Morgan fingerprint density at radius 2 is 1.84 bits per heavy atom. The highest BCUT2D eigenvalue weighted by atomic mass is 19.1. The summed E-state index contributed by atoms with van der Waals surface area (Å²) in [7, 11) is 2.16. The first-order valence-electron chi connectivity index (χ1n) is 14.9. The van der Waals surface area contributed by atoms with E-state index in [1.54, 1.807) is 22.9 Å². The monoisotopic (exact) mass is 581 g/mol. The SMILES string of the molecule is CN1CCC2(CCN(C(=O)C3Cn4c(F)cc5c(C6=C(c7cnc8ccccn78)C(=O)NC6=O)ccc(c54)CN3)CC2)C1. The zero-order valence-corrected chi connectivity index (χ0v) is 23.9. The third-order valence-electron chi connectivity index (χ3n) is 9.93. The second kappa shape index (κ2) is 9.58. The molecular formula is C32H32FN7O3. The van der Waals surface area contributed by atoms with E-state index in [-0.39, 0.29) is 23.6 Å². The van der Waals surface area contributed by atoms with Gasteiger partial charge in [-0.3, -0.25) is 24.1 Å². The normalized spacial score (nSPS) is 22.3. The van der Waals surface area contributed by atoms with E-state index in [0.717, 1.165) is 44.6 Å². The molecule has 10 nitrogen and oxygen atoms in total. The maximum atomic E-state index is 15.7. The summed E-state index contributed by atoms with van der Waals surface area (Å²) in [5, 5.41) is 6.34. The van der Waals surface area contributed by atoms with Crippen molar-refractivity contribution < 1.29 is 18.8 Å². The van der Waals surface area contributed by atoms with Gasteiger partial charge in [-0.25, -0.2) is 4.98 Å². The van der Waals surface area contributed by atoms with Crippen molar-refractivity contribution in [1.82, 2.24) is 34.4 Å². The Morgan fingerprint density at radius 1 is 1.05 bits per heavy atom. The molecule has 1 aromatic carbocycles. The minimum atomic E-state index is -0.578. The lowest BCUT2D eigenvalue weighted by Crippen LogP contribution is -2.52. The molecule has 8 rings (SSSR count). The van der Waals surface area contributed by atoms with Crippen molar-refractivity contribution in [2.24, 2.45) is 5.41 Å². The Hall–Kier alpha value is -4.35. The topological polar surface area (TPSA) is 104 Å². The van der Waals surface area contributed by atoms with Gasteiger partial charge in [0, 0.05) is 50.4 Å². The first-order chi connectivity index (χ1) is 20.8. The summed E-state index contributed by atoms with van der Waals surface area (Å²) in [6.07, 6.45) is 6.52. The Balaban J connectivity index is 1.15. The van der Waals surface area contributed by atoms with Crippen LogP contribution in [0.25, 0.3) is 27.7 Å². The number of imidazole rings is 1. The molecule has 2 saturated heterocycles. The summed E-state index contributed by atoms with van der Waals surface area (Å²) >= 11 is 0. The molecule has 220 valence electrons. The van der Waals surface area contributed by atoms with Crippen LogP contribution in [0.5, 0.6) is 0 Å². The largest absolute Gasteiger partial charge is 0.341 e. The standard InChI is InChI=1S/C32H32FN7O3/c1-37-11-7-32(18-37)8-12-38(13-9-32)31(43)22-17-40-24(33)14-21-20(6-5-19(15-34-22)28(21)40)26-27(30(42)36-29(26)41)23-16-35-25-4-2-3-10-39(23)25/h2-6,10,14,16,22,34H,7-9,11-13,15,17-18H2,1H3,(H,36,41,42). The molecule has 43 heavy (non-hydrogen) atoms. The Morgan fingerprint density at radius 3 is 2.63 bits per heavy atom. The number of benzene rings is 1. The average Bonchev–Trinajstić information content (AvgIpc) is 3.71. The van der Waals surface area contributed by atoms with Gasteiger partial charge in [0.15, 0.2) is 5.95 Å². The van der Waals surface area contributed by atoms with E-state index < -0.39 is 23.8 Å². The van der Waals surface area contributed by atoms with Gasteiger partial charge in [-0.15, -0.1) is 0 Å². The molecule has 1 unspecified atom stereocenters. The van der Waals surface area contributed by atoms with E-state index in [9.17, 15) is 14.4 Å². The van der Waals surface area contributed by atoms with E-state index >= 15 is 4.39 Å². The number of nitrogens with one attached hydrogen (secondary N) is 2.